The monoisotopic (exact) mass is 1010 g/mol. The number of aliphatic imine (C=N–C) groups is 1. The molecule has 19 heteroatoms. The summed E-state index contributed by atoms with van der Waals surface area (Å²) >= 11 is 1.69. The Kier molecular flexibility index (Phi) is 14.4. The van der Waals surface area contributed by atoms with Crippen LogP contribution in [-0.4, -0.2) is 107 Å². The molecule has 18 nitrogen and oxygen atoms in total. The zero-order valence-electron chi connectivity index (χ0n) is 42.7. The van der Waals surface area contributed by atoms with E-state index in [-0.39, 0.29) is 49.6 Å². The molecular formula is C54H63N11O7S. The van der Waals surface area contributed by atoms with Crippen molar-refractivity contribution in [3.05, 3.63) is 129 Å². The van der Waals surface area contributed by atoms with Gasteiger partial charge in [-0.2, -0.15) is 4.98 Å². The van der Waals surface area contributed by atoms with Crippen LogP contribution in [0.4, 0.5) is 0 Å². The van der Waals surface area contributed by atoms with Gasteiger partial charge in [0.15, 0.2) is 18.3 Å². The first-order valence-corrected chi connectivity index (χ1v) is 25.5. The SMILES string of the molecule is C=C(N[C@@H](C)c1ccc(-c2nc(C)no2)cc1)[C@@H]1C[C@@H](O)CN1C(=O)[C@@H](NC(=O)COc1ccc(O[C@H]2C[C@@H](NC(=O)C[C@@H]3N=C(c4ccc(C)cc4)c4c(sc(C)c4C)-n4c(C)nnc43)C2)nc1)C(C)(C)C. The Balaban J connectivity index is 0.749. The first kappa shape index (κ1) is 50.7. The Bertz CT molecular complexity index is 3040. The van der Waals surface area contributed by atoms with Crippen LogP contribution in [0.3, 0.4) is 0 Å². The molecule has 2 fully saturated rings. The van der Waals surface area contributed by atoms with Crippen LogP contribution in [0, 0.1) is 40.0 Å². The number of carbonyl (C=O) groups is 3. The largest absolute Gasteiger partial charge is 0.482 e. The minimum absolute atomic E-state index is 0.0793. The third-order valence-electron chi connectivity index (χ3n) is 13.7. The van der Waals surface area contributed by atoms with Crippen LogP contribution in [-0.2, 0) is 14.4 Å². The van der Waals surface area contributed by atoms with Gasteiger partial charge in [0.1, 0.15) is 34.8 Å². The molecule has 0 bridgehead atoms. The number of rotatable bonds is 16. The van der Waals surface area contributed by atoms with E-state index in [0.29, 0.717) is 54.1 Å². The first-order valence-electron chi connectivity index (χ1n) is 24.7. The fourth-order valence-electron chi connectivity index (χ4n) is 9.51. The predicted molar refractivity (Wildman–Crippen MR) is 276 cm³/mol. The number of fused-ring (bicyclic) bond motifs is 3. The van der Waals surface area contributed by atoms with Gasteiger partial charge >= 0.3 is 0 Å². The number of ether oxygens (including phenoxy) is 2. The van der Waals surface area contributed by atoms with Gasteiger partial charge in [0.05, 0.1) is 30.5 Å². The second-order valence-electron chi connectivity index (χ2n) is 20.5. The molecule has 0 radical (unpaired) electrons. The van der Waals surface area contributed by atoms with E-state index in [4.69, 9.17) is 19.0 Å². The number of hydrogen-bond donors (Lipinski definition) is 4. The second-order valence-corrected chi connectivity index (χ2v) is 21.7. The Hall–Kier alpha value is -7.25. The highest BCUT2D eigenvalue weighted by molar-refractivity contribution is 7.15. The van der Waals surface area contributed by atoms with E-state index >= 15 is 0 Å². The summed E-state index contributed by atoms with van der Waals surface area (Å²) in [6.07, 6.45) is 2.18. The van der Waals surface area contributed by atoms with Crippen LogP contribution in [0.25, 0.3) is 16.5 Å². The molecular weight excluding hydrogens is 947 g/mol. The Labute approximate surface area is 428 Å². The molecule has 3 aliphatic rings. The normalized spacial score (nSPS) is 20.1. The third-order valence-corrected chi connectivity index (χ3v) is 14.9. The van der Waals surface area contributed by atoms with Crippen molar-refractivity contribution in [1.29, 1.82) is 0 Å². The van der Waals surface area contributed by atoms with Gasteiger partial charge in [-0.05, 0) is 76.3 Å². The molecule has 0 spiro atoms. The highest BCUT2D eigenvalue weighted by Crippen LogP contribution is 2.40. The van der Waals surface area contributed by atoms with E-state index in [1.54, 1.807) is 35.3 Å². The van der Waals surface area contributed by atoms with Crippen molar-refractivity contribution < 1.29 is 33.5 Å². The topological polar surface area (TPSA) is 224 Å². The molecule has 4 N–H and O–H groups in total. The van der Waals surface area contributed by atoms with Crippen molar-refractivity contribution in [2.75, 3.05) is 13.2 Å². The van der Waals surface area contributed by atoms with Crippen molar-refractivity contribution in [1.82, 2.24) is 50.7 Å². The molecule has 9 rings (SSSR count). The summed E-state index contributed by atoms with van der Waals surface area (Å²) < 4.78 is 19.3. The summed E-state index contributed by atoms with van der Waals surface area (Å²) in [6.45, 7) is 21.6. The van der Waals surface area contributed by atoms with E-state index in [1.807, 2.05) is 58.9 Å². The van der Waals surface area contributed by atoms with Crippen molar-refractivity contribution in [3.8, 4) is 28.1 Å². The number of aryl methyl sites for hydroxylation is 4. The minimum atomic E-state index is -0.927. The Morgan fingerprint density at radius 3 is 2.33 bits per heavy atom. The summed E-state index contributed by atoms with van der Waals surface area (Å²) in [7, 11) is 0. The maximum Gasteiger partial charge on any atom is 0.258 e. The number of benzene rings is 2. The number of aromatic nitrogens is 6. The summed E-state index contributed by atoms with van der Waals surface area (Å²) in [5.74, 6) is 2.15. The zero-order valence-corrected chi connectivity index (χ0v) is 43.5. The molecule has 2 aromatic carbocycles. The number of nitrogens with zero attached hydrogens (tertiary/aromatic N) is 8. The molecule has 1 saturated heterocycles. The second kappa shape index (κ2) is 20.7. The van der Waals surface area contributed by atoms with E-state index in [0.717, 1.165) is 49.9 Å². The third kappa shape index (κ3) is 11.1. The maximum atomic E-state index is 14.3. The molecule has 1 saturated carbocycles. The number of thiophene rings is 1. The van der Waals surface area contributed by atoms with Crippen molar-refractivity contribution >= 4 is 34.8 Å². The van der Waals surface area contributed by atoms with Crippen LogP contribution in [0.1, 0.15) is 116 Å². The number of carbonyl (C=O) groups excluding carboxylic acids is 3. The molecule has 6 heterocycles. The van der Waals surface area contributed by atoms with Crippen LogP contribution in [0.15, 0.2) is 88.7 Å². The summed E-state index contributed by atoms with van der Waals surface area (Å²) in [4.78, 5) is 58.1. The van der Waals surface area contributed by atoms with E-state index < -0.39 is 35.6 Å². The van der Waals surface area contributed by atoms with E-state index in [9.17, 15) is 19.5 Å². The van der Waals surface area contributed by atoms with Gasteiger partial charge in [-0.1, -0.05) is 74.5 Å². The number of likely N-dealkylation sites (tertiary alicyclic amines) is 1. The van der Waals surface area contributed by atoms with Crippen molar-refractivity contribution in [3.63, 3.8) is 0 Å². The minimum Gasteiger partial charge on any atom is -0.482 e. The van der Waals surface area contributed by atoms with E-state index in [1.165, 1.54) is 11.1 Å². The van der Waals surface area contributed by atoms with Gasteiger partial charge in [0, 0.05) is 71.2 Å². The molecule has 6 aromatic rings. The lowest BCUT2D eigenvalue weighted by Crippen LogP contribution is -2.57. The van der Waals surface area contributed by atoms with Gasteiger partial charge < -0.3 is 40.0 Å². The van der Waals surface area contributed by atoms with Crippen LogP contribution < -0.4 is 25.4 Å². The molecule has 0 unspecified atom stereocenters. The summed E-state index contributed by atoms with van der Waals surface area (Å²) in [6, 6.07) is 17.2. The van der Waals surface area contributed by atoms with Crippen LogP contribution in [0.5, 0.6) is 11.6 Å². The molecule has 73 heavy (non-hydrogen) atoms. The van der Waals surface area contributed by atoms with Crippen molar-refractivity contribution in [2.45, 2.75) is 130 Å². The number of hydrogen-bond acceptors (Lipinski definition) is 15. The molecule has 3 amide bonds. The number of pyridine rings is 1. The van der Waals surface area contributed by atoms with Gasteiger partial charge in [0.25, 0.3) is 11.8 Å². The average Bonchev–Trinajstić information content (AvgIpc) is 4.11. The number of amides is 3. The predicted octanol–water partition coefficient (Wildman–Crippen LogP) is 7.06. The van der Waals surface area contributed by atoms with E-state index in [2.05, 4.69) is 97.5 Å². The Morgan fingerprint density at radius 2 is 1.66 bits per heavy atom. The van der Waals surface area contributed by atoms with Gasteiger partial charge in [-0.15, -0.1) is 21.5 Å². The quantitative estimate of drug-likeness (QED) is 0.0763. The molecule has 382 valence electrons. The fraction of sp³-hybridized carbons (Fsp3) is 0.426. The molecule has 4 aromatic heterocycles. The summed E-state index contributed by atoms with van der Waals surface area (Å²) in [5.41, 5.74) is 6.85. The van der Waals surface area contributed by atoms with Gasteiger partial charge in [-0.3, -0.25) is 23.9 Å². The Morgan fingerprint density at radius 1 is 0.932 bits per heavy atom. The number of β-amino-alcohol motifs (C(OH)–C–C–N with tert-alkyl or cyclic N) is 1. The fourth-order valence-corrected chi connectivity index (χ4v) is 10.7. The summed E-state index contributed by atoms with van der Waals surface area (Å²) in [5, 5.41) is 34.1. The molecule has 1 aliphatic carbocycles. The molecule has 2 aliphatic heterocycles. The van der Waals surface area contributed by atoms with Crippen LogP contribution >= 0.6 is 11.3 Å². The zero-order chi connectivity index (χ0) is 51.9. The molecule has 5 atom stereocenters. The maximum absolute atomic E-state index is 14.3. The van der Waals surface area contributed by atoms with Crippen molar-refractivity contribution in [2.24, 2.45) is 10.4 Å². The average molecular weight is 1010 g/mol. The van der Waals surface area contributed by atoms with Crippen LogP contribution in [0.2, 0.25) is 0 Å². The highest BCUT2D eigenvalue weighted by atomic mass is 32.1. The number of aliphatic hydroxyl groups is 1. The lowest BCUT2D eigenvalue weighted by atomic mass is 9.85. The van der Waals surface area contributed by atoms with Gasteiger partial charge in [-0.25, -0.2) is 4.98 Å². The lowest BCUT2D eigenvalue weighted by molar-refractivity contribution is -0.140. The number of aliphatic hydroxyl groups excluding tert-OH is 1. The number of nitrogens with one attached hydrogen (secondary N) is 3. The standard InChI is InChI=1S/C54H63N11O7S/c1-28-11-13-36(14-12-28)48-47-29(2)32(5)73-53(47)65-34(7)61-62-50(65)42(59-48)24-44(67)58-38-21-41(22-38)71-46-20-19-40(25-55-46)70-27-45(68)60-49(54(8,9)10)52(69)64-26-39(66)23-43(64)31(4)56-30(3)35-15-17-37(18-16-35)51-57-33(6)63-72-51/h11-20,25,30,38-39,41-43,49,56,66H,4,21-24,26-27H2,1-3,5-10H3,(H,58,67)(H,60,68)/t30-,38-,39+,41+,42-,43-,49+/m0/s1. The lowest BCUT2D eigenvalue weighted by Gasteiger charge is -2.36. The highest BCUT2D eigenvalue weighted by Gasteiger charge is 2.43. The smallest absolute Gasteiger partial charge is 0.258 e. The first-order chi connectivity index (χ1) is 34.8. The van der Waals surface area contributed by atoms with Gasteiger partial charge in [0.2, 0.25) is 17.7 Å².